The number of aromatic nitrogens is 3. The van der Waals surface area contributed by atoms with Crippen LogP contribution in [0.3, 0.4) is 0 Å². The Balaban J connectivity index is 0.000000112. The van der Waals surface area contributed by atoms with E-state index in [0.717, 1.165) is 0 Å². The molecule has 2 aromatic rings. The zero-order valence-electron chi connectivity index (χ0n) is 5.79. The van der Waals surface area contributed by atoms with Crippen molar-refractivity contribution >= 4 is 11.5 Å². The number of rotatable bonds is 0. The molecule has 2 rings (SSSR count). The van der Waals surface area contributed by atoms with Crippen LogP contribution in [0.2, 0.25) is 0 Å². The molecule has 0 amide bonds. The minimum atomic E-state index is 1.46. The summed E-state index contributed by atoms with van der Waals surface area (Å²) >= 11 is 1.46. The van der Waals surface area contributed by atoms with Gasteiger partial charge in [0.15, 0.2) is 0 Å². The summed E-state index contributed by atoms with van der Waals surface area (Å²) in [6, 6.07) is 5.56. The van der Waals surface area contributed by atoms with Crippen molar-refractivity contribution in [1.82, 2.24) is 14.6 Å². The molecular formula is C7H7N3S. The zero-order chi connectivity index (χ0) is 7.78. The lowest BCUT2D eigenvalue weighted by atomic mass is 10.6. The molecule has 0 aromatic carbocycles. The molecule has 11 heavy (non-hydrogen) atoms. The molecule has 0 radical (unpaired) electrons. The number of nitrogens with zero attached hydrogens (tertiary/aromatic N) is 3. The van der Waals surface area contributed by atoms with E-state index in [0.29, 0.717) is 0 Å². The lowest BCUT2D eigenvalue weighted by molar-refractivity contribution is 1.03. The quantitative estimate of drug-likeness (QED) is 0.595. The highest BCUT2D eigenvalue weighted by Crippen LogP contribution is 1.83. The summed E-state index contributed by atoms with van der Waals surface area (Å²) in [5.74, 6) is 0. The van der Waals surface area contributed by atoms with Gasteiger partial charge in [-0.05, 0) is 29.7 Å². The summed E-state index contributed by atoms with van der Waals surface area (Å²) in [7, 11) is 0. The first kappa shape index (κ1) is 7.81. The smallest absolute Gasteiger partial charge is 0.0496 e. The van der Waals surface area contributed by atoms with Gasteiger partial charge in [-0.1, -0.05) is 0 Å². The van der Waals surface area contributed by atoms with Crippen LogP contribution in [0.15, 0.2) is 42.2 Å². The van der Waals surface area contributed by atoms with Crippen LogP contribution < -0.4 is 0 Å². The normalized spacial score (nSPS) is 8.00. The summed E-state index contributed by atoms with van der Waals surface area (Å²) in [5.41, 5.74) is 0. The highest BCUT2D eigenvalue weighted by atomic mass is 32.1. The fourth-order valence-electron chi connectivity index (χ4n) is 0.429. The molecule has 0 saturated heterocycles. The second-order valence-corrected chi connectivity index (χ2v) is 2.30. The van der Waals surface area contributed by atoms with E-state index in [-0.39, 0.29) is 0 Å². The Morgan fingerprint density at radius 1 is 0.818 bits per heavy atom. The van der Waals surface area contributed by atoms with Gasteiger partial charge in [0.2, 0.25) is 0 Å². The van der Waals surface area contributed by atoms with Gasteiger partial charge in [-0.25, -0.2) is 4.37 Å². The van der Waals surface area contributed by atoms with Crippen LogP contribution in [0.5, 0.6) is 0 Å². The Hall–Kier alpha value is -1.29. The maximum absolute atomic E-state index is 3.76. The van der Waals surface area contributed by atoms with Gasteiger partial charge in [0.1, 0.15) is 0 Å². The van der Waals surface area contributed by atoms with Crippen molar-refractivity contribution in [1.29, 1.82) is 0 Å². The Bertz CT molecular complexity index is 200. The lowest BCUT2D eigenvalue weighted by Crippen LogP contribution is -1.69. The van der Waals surface area contributed by atoms with Gasteiger partial charge < -0.3 is 0 Å². The molecule has 0 saturated carbocycles. The largest absolute Gasteiger partial charge is 0.201 e. The van der Waals surface area contributed by atoms with Gasteiger partial charge in [0, 0.05) is 24.0 Å². The molecule has 0 fully saturated rings. The Kier molecular flexibility index (Phi) is 3.90. The standard InChI is InChI=1S/C4H4N2.C3H3NS/c1-2-4-6-5-3-1;1-2-4-5-3-1/h1-4H;1-3H. The van der Waals surface area contributed by atoms with E-state index in [1.807, 2.05) is 23.6 Å². The molecular weight excluding hydrogens is 158 g/mol. The topological polar surface area (TPSA) is 38.7 Å². The predicted molar refractivity (Wildman–Crippen MR) is 44.1 cm³/mol. The summed E-state index contributed by atoms with van der Waals surface area (Å²) < 4.78 is 3.76. The van der Waals surface area contributed by atoms with Crippen LogP contribution in [0.4, 0.5) is 0 Å². The molecule has 56 valence electrons. The van der Waals surface area contributed by atoms with Crippen molar-refractivity contribution in [2.75, 3.05) is 0 Å². The third-order valence-electron chi connectivity index (χ3n) is 0.830. The first-order chi connectivity index (χ1) is 5.50. The fraction of sp³-hybridized carbons (Fsp3) is 0. The molecule has 2 aromatic heterocycles. The number of hydrogen-bond acceptors (Lipinski definition) is 4. The van der Waals surface area contributed by atoms with Crippen LogP contribution >= 0.6 is 11.5 Å². The van der Waals surface area contributed by atoms with Crippen LogP contribution in [-0.2, 0) is 0 Å². The third-order valence-corrected chi connectivity index (χ3v) is 1.35. The molecule has 0 bridgehead atoms. The van der Waals surface area contributed by atoms with E-state index >= 15 is 0 Å². The van der Waals surface area contributed by atoms with Crippen molar-refractivity contribution in [3.05, 3.63) is 42.2 Å². The maximum atomic E-state index is 3.76. The van der Waals surface area contributed by atoms with E-state index in [2.05, 4.69) is 14.6 Å². The minimum absolute atomic E-state index is 1.46. The molecule has 0 atom stereocenters. The van der Waals surface area contributed by atoms with E-state index in [1.165, 1.54) is 11.5 Å². The Morgan fingerprint density at radius 3 is 1.73 bits per heavy atom. The summed E-state index contributed by atoms with van der Waals surface area (Å²) in [6.45, 7) is 0. The second kappa shape index (κ2) is 5.49. The van der Waals surface area contributed by atoms with Crippen LogP contribution in [0.1, 0.15) is 0 Å². The van der Waals surface area contributed by atoms with Gasteiger partial charge in [-0.15, -0.1) is 0 Å². The van der Waals surface area contributed by atoms with Crippen molar-refractivity contribution in [3.8, 4) is 0 Å². The van der Waals surface area contributed by atoms with Crippen molar-refractivity contribution in [3.63, 3.8) is 0 Å². The van der Waals surface area contributed by atoms with Gasteiger partial charge in [0.05, 0.1) is 0 Å². The lowest BCUT2D eigenvalue weighted by Gasteiger charge is -1.69. The van der Waals surface area contributed by atoms with Crippen molar-refractivity contribution in [2.45, 2.75) is 0 Å². The summed E-state index contributed by atoms with van der Waals surface area (Å²) in [6.07, 6.45) is 5.05. The fourth-order valence-corrected chi connectivity index (χ4v) is 0.780. The second-order valence-electron chi connectivity index (χ2n) is 1.60. The van der Waals surface area contributed by atoms with Gasteiger partial charge in [0.25, 0.3) is 0 Å². The average molecular weight is 165 g/mol. The predicted octanol–water partition coefficient (Wildman–Crippen LogP) is 1.62. The first-order valence-corrected chi connectivity index (χ1v) is 3.90. The number of hydrogen-bond donors (Lipinski definition) is 0. The van der Waals surface area contributed by atoms with Gasteiger partial charge in [-0.3, -0.25) is 0 Å². The van der Waals surface area contributed by atoms with Crippen molar-refractivity contribution < 1.29 is 0 Å². The Labute approximate surface area is 68.9 Å². The molecule has 0 aliphatic carbocycles. The molecule has 2 heterocycles. The highest BCUT2D eigenvalue weighted by Gasteiger charge is 1.60. The highest BCUT2D eigenvalue weighted by molar-refractivity contribution is 7.03. The van der Waals surface area contributed by atoms with E-state index in [9.17, 15) is 0 Å². The van der Waals surface area contributed by atoms with Crippen LogP contribution in [-0.4, -0.2) is 14.6 Å². The summed E-state index contributed by atoms with van der Waals surface area (Å²) in [5, 5.41) is 9.00. The van der Waals surface area contributed by atoms with E-state index in [4.69, 9.17) is 0 Å². The molecule has 0 N–H and O–H groups in total. The van der Waals surface area contributed by atoms with Crippen LogP contribution in [0, 0.1) is 0 Å². The maximum Gasteiger partial charge on any atom is 0.0496 e. The SMILES string of the molecule is c1ccnnc1.c1cnsc1. The zero-order valence-corrected chi connectivity index (χ0v) is 6.61. The summed E-state index contributed by atoms with van der Waals surface area (Å²) in [4.78, 5) is 0. The first-order valence-electron chi connectivity index (χ1n) is 3.06. The monoisotopic (exact) mass is 165 g/mol. The molecule has 3 nitrogen and oxygen atoms in total. The van der Waals surface area contributed by atoms with E-state index < -0.39 is 0 Å². The Morgan fingerprint density at radius 2 is 1.55 bits per heavy atom. The molecule has 0 unspecified atom stereocenters. The van der Waals surface area contributed by atoms with E-state index in [1.54, 1.807) is 18.6 Å². The van der Waals surface area contributed by atoms with Gasteiger partial charge >= 0.3 is 0 Å². The third kappa shape index (κ3) is 4.16. The average Bonchev–Trinajstić information content (AvgIpc) is 2.64. The van der Waals surface area contributed by atoms with Gasteiger partial charge in [-0.2, -0.15) is 10.2 Å². The molecule has 4 heteroatoms. The van der Waals surface area contributed by atoms with Crippen molar-refractivity contribution in [2.24, 2.45) is 0 Å². The van der Waals surface area contributed by atoms with Crippen LogP contribution in [0.25, 0.3) is 0 Å². The minimum Gasteiger partial charge on any atom is -0.201 e. The molecule has 0 aliphatic rings. The molecule has 0 aliphatic heterocycles. The molecule has 0 spiro atoms.